The minimum Gasteiger partial charge on any atom is -0.394 e. The Bertz CT molecular complexity index is 149. The van der Waals surface area contributed by atoms with E-state index in [0.717, 1.165) is 12.0 Å². The van der Waals surface area contributed by atoms with Crippen molar-refractivity contribution < 1.29 is 4.79 Å². The largest absolute Gasteiger partial charge is 0.394 e. The molecule has 3 nitrogen and oxygen atoms in total. The fourth-order valence-corrected chi connectivity index (χ4v) is 0.401. The van der Waals surface area contributed by atoms with Crippen LogP contribution in [0.5, 0.6) is 0 Å². The van der Waals surface area contributed by atoms with Gasteiger partial charge in [0.25, 0.3) is 5.91 Å². The normalized spacial score (nSPS) is 12.7. The Balaban J connectivity index is 4.28. The lowest BCUT2D eigenvalue weighted by Crippen LogP contribution is -2.21. The van der Waals surface area contributed by atoms with Crippen LogP contribution in [0.1, 0.15) is 20.3 Å². The standard InChI is InChI=1S/C6H12N2O/c1-3-4(2)5(7)6(8)9/h3,7H2,1-2H3,(H2,8,9)/b5-4+. The van der Waals surface area contributed by atoms with Crippen molar-refractivity contribution in [3.8, 4) is 0 Å². The number of carbonyl (C=O) groups excluding carboxylic acids is 1. The molecule has 0 rings (SSSR count). The molecule has 0 bridgehead atoms. The predicted octanol–water partition coefficient (Wildman–Crippen LogP) is 0.114. The summed E-state index contributed by atoms with van der Waals surface area (Å²) < 4.78 is 0. The summed E-state index contributed by atoms with van der Waals surface area (Å²) in [4.78, 5) is 10.3. The van der Waals surface area contributed by atoms with E-state index in [-0.39, 0.29) is 5.70 Å². The number of allylic oxidation sites excluding steroid dienone is 1. The number of amides is 1. The molecular formula is C6H12N2O. The molecule has 52 valence electrons. The van der Waals surface area contributed by atoms with Gasteiger partial charge in [0.1, 0.15) is 0 Å². The molecule has 0 aromatic carbocycles. The molecule has 0 aromatic heterocycles. The van der Waals surface area contributed by atoms with Gasteiger partial charge in [-0.15, -0.1) is 0 Å². The minimum atomic E-state index is -0.533. The van der Waals surface area contributed by atoms with Gasteiger partial charge >= 0.3 is 0 Å². The lowest BCUT2D eigenvalue weighted by molar-refractivity contribution is -0.114. The Morgan fingerprint density at radius 1 is 1.44 bits per heavy atom. The second-order valence-corrected chi connectivity index (χ2v) is 1.91. The number of nitrogens with two attached hydrogens (primary N) is 2. The molecule has 0 fully saturated rings. The molecule has 0 unspecified atom stereocenters. The third-order valence-corrected chi connectivity index (χ3v) is 1.26. The zero-order chi connectivity index (χ0) is 7.44. The summed E-state index contributed by atoms with van der Waals surface area (Å²) in [6, 6.07) is 0. The average molecular weight is 128 g/mol. The van der Waals surface area contributed by atoms with Gasteiger partial charge in [0.15, 0.2) is 0 Å². The summed E-state index contributed by atoms with van der Waals surface area (Å²) in [5.74, 6) is -0.533. The lowest BCUT2D eigenvalue weighted by Gasteiger charge is -1.98. The first-order valence-corrected chi connectivity index (χ1v) is 2.84. The second-order valence-electron chi connectivity index (χ2n) is 1.91. The third-order valence-electron chi connectivity index (χ3n) is 1.26. The van der Waals surface area contributed by atoms with E-state index in [1.807, 2.05) is 6.92 Å². The molecule has 9 heavy (non-hydrogen) atoms. The minimum absolute atomic E-state index is 0.192. The van der Waals surface area contributed by atoms with Gasteiger partial charge in [-0.3, -0.25) is 4.79 Å². The second kappa shape index (κ2) is 3.12. The maximum Gasteiger partial charge on any atom is 0.264 e. The summed E-state index contributed by atoms with van der Waals surface area (Å²) in [5, 5.41) is 0. The van der Waals surface area contributed by atoms with E-state index in [4.69, 9.17) is 11.5 Å². The number of hydrogen-bond acceptors (Lipinski definition) is 2. The van der Waals surface area contributed by atoms with E-state index in [1.54, 1.807) is 6.92 Å². The van der Waals surface area contributed by atoms with Crippen LogP contribution in [0.15, 0.2) is 11.3 Å². The van der Waals surface area contributed by atoms with Crippen LogP contribution in [0.4, 0.5) is 0 Å². The summed E-state index contributed by atoms with van der Waals surface area (Å²) in [6.45, 7) is 3.71. The van der Waals surface area contributed by atoms with Crippen molar-refractivity contribution in [1.82, 2.24) is 0 Å². The molecule has 3 heteroatoms. The average Bonchev–Trinajstić information content (AvgIpc) is 1.84. The van der Waals surface area contributed by atoms with Gasteiger partial charge in [0, 0.05) is 0 Å². The van der Waals surface area contributed by atoms with Crippen LogP contribution >= 0.6 is 0 Å². The van der Waals surface area contributed by atoms with Crippen molar-refractivity contribution in [2.45, 2.75) is 20.3 Å². The molecule has 0 radical (unpaired) electrons. The predicted molar refractivity (Wildman–Crippen MR) is 36.4 cm³/mol. The SMILES string of the molecule is CC/C(C)=C(/N)C(N)=O. The lowest BCUT2D eigenvalue weighted by atomic mass is 10.2. The van der Waals surface area contributed by atoms with Crippen LogP contribution in [-0.2, 0) is 4.79 Å². The van der Waals surface area contributed by atoms with Crippen LogP contribution in [0.3, 0.4) is 0 Å². The molecule has 0 aliphatic carbocycles. The van der Waals surface area contributed by atoms with Crippen LogP contribution in [0.25, 0.3) is 0 Å². The first-order valence-electron chi connectivity index (χ1n) is 2.84. The molecule has 1 amide bonds. The number of primary amides is 1. The molecule has 0 atom stereocenters. The molecule has 4 N–H and O–H groups in total. The van der Waals surface area contributed by atoms with Gasteiger partial charge in [-0.25, -0.2) is 0 Å². The van der Waals surface area contributed by atoms with Gasteiger partial charge < -0.3 is 11.5 Å². The fraction of sp³-hybridized carbons (Fsp3) is 0.500. The van der Waals surface area contributed by atoms with E-state index in [0.29, 0.717) is 0 Å². The highest BCUT2D eigenvalue weighted by molar-refractivity contribution is 5.91. The number of rotatable bonds is 2. The van der Waals surface area contributed by atoms with Crippen LogP contribution in [0, 0.1) is 0 Å². The third kappa shape index (κ3) is 2.17. The Morgan fingerprint density at radius 3 is 2.00 bits per heavy atom. The van der Waals surface area contributed by atoms with Crippen LogP contribution in [0.2, 0.25) is 0 Å². The first-order chi connectivity index (χ1) is 4.09. The van der Waals surface area contributed by atoms with Gasteiger partial charge in [0.2, 0.25) is 0 Å². The first kappa shape index (κ1) is 8.01. The van der Waals surface area contributed by atoms with Crippen molar-refractivity contribution in [3.05, 3.63) is 11.3 Å². The monoisotopic (exact) mass is 128 g/mol. The van der Waals surface area contributed by atoms with Crippen molar-refractivity contribution in [3.63, 3.8) is 0 Å². The van der Waals surface area contributed by atoms with E-state index < -0.39 is 5.91 Å². The van der Waals surface area contributed by atoms with Gasteiger partial charge in [-0.05, 0) is 18.9 Å². The molecule has 0 saturated carbocycles. The van der Waals surface area contributed by atoms with E-state index in [9.17, 15) is 4.79 Å². The van der Waals surface area contributed by atoms with E-state index in [1.165, 1.54) is 0 Å². The summed E-state index contributed by atoms with van der Waals surface area (Å²) in [5.41, 5.74) is 11.2. The summed E-state index contributed by atoms with van der Waals surface area (Å²) >= 11 is 0. The highest BCUT2D eigenvalue weighted by atomic mass is 16.1. The van der Waals surface area contributed by atoms with Gasteiger partial charge in [-0.2, -0.15) is 0 Å². The zero-order valence-corrected chi connectivity index (χ0v) is 5.77. The smallest absolute Gasteiger partial charge is 0.264 e. The molecule has 0 aliphatic rings. The number of hydrogen-bond donors (Lipinski definition) is 2. The van der Waals surface area contributed by atoms with Crippen LogP contribution in [-0.4, -0.2) is 5.91 Å². The van der Waals surface area contributed by atoms with Crippen LogP contribution < -0.4 is 11.5 Å². The zero-order valence-electron chi connectivity index (χ0n) is 5.77. The van der Waals surface area contributed by atoms with E-state index >= 15 is 0 Å². The number of carbonyl (C=O) groups is 1. The molecule has 0 aliphatic heterocycles. The maximum atomic E-state index is 10.3. The molecule has 0 aromatic rings. The molecule has 0 heterocycles. The Morgan fingerprint density at radius 2 is 1.89 bits per heavy atom. The van der Waals surface area contributed by atoms with Gasteiger partial charge in [-0.1, -0.05) is 6.92 Å². The molecule has 0 saturated heterocycles. The van der Waals surface area contributed by atoms with E-state index in [2.05, 4.69) is 0 Å². The maximum absolute atomic E-state index is 10.3. The van der Waals surface area contributed by atoms with Crippen molar-refractivity contribution in [2.75, 3.05) is 0 Å². The van der Waals surface area contributed by atoms with Crippen molar-refractivity contribution >= 4 is 5.91 Å². The highest BCUT2D eigenvalue weighted by Crippen LogP contribution is 2.00. The quantitative estimate of drug-likeness (QED) is 0.518. The Kier molecular flexibility index (Phi) is 2.78. The fourth-order valence-electron chi connectivity index (χ4n) is 0.401. The molecular weight excluding hydrogens is 116 g/mol. The van der Waals surface area contributed by atoms with Crippen molar-refractivity contribution in [1.29, 1.82) is 0 Å². The Labute approximate surface area is 54.7 Å². The topological polar surface area (TPSA) is 69.1 Å². The highest BCUT2D eigenvalue weighted by Gasteiger charge is 2.00. The Hall–Kier alpha value is -0.990. The van der Waals surface area contributed by atoms with Crippen molar-refractivity contribution in [2.24, 2.45) is 11.5 Å². The summed E-state index contributed by atoms with van der Waals surface area (Å²) in [6.07, 6.45) is 0.773. The summed E-state index contributed by atoms with van der Waals surface area (Å²) in [7, 11) is 0. The molecule has 0 spiro atoms. The van der Waals surface area contributed by atoms with Gasteiger partial charge in [0.05, 0.1) is 5.70 Å².